The van der Waals surface area contributed by atoms with E-state index < -0.39 is 11.9 Å². The number of hydrogen-bond donors (Lipinski definition) is 2. The number of aliphatic carboxylic acids is 1. The van der Waals surface area contributed by atoms with E-state index in [1.54, 1.807) is 23.1 Å². The molecule has 0 bridgehead atoms. The summed E-state index contributed by atoms with van der Waals surface area (Å²) in [6, 6.07) is 6.96. The van der Waals surface area contributed by atoms with Crippen molar-refractivity contribution in [2.24, 2.45) is 11.8 Å². The first-order valence-electron chi connectivity index (χ1n) is 7.24. The number of piperidine rings is 1. The van der Waals surface area contributed by atoms with Gasteiger partial charge in [0.25, 0.3) is 0 Å². The number of aromatic hydroxyl groups is 1. The quantitative estimate of drug-likeness (QED) is 0.888. The Morgan fingerprint density at radius 2 is 2.00 bits per heavy atom. The molecule has 1 amide bonds. The van der Waals surface area contributed by atoms with Crippen LogP contribution >= 0.6 is 0 Å². The number of carbonyl (C=O) groups is 2. The number of amides is 1. The van der Waals surface area contributed by atoms with Crippen molar-refractivity contribution in [3.63, 3.8) is 0 Å². The molecule has 2 unspecified atom stereocenters. The van der Waals surface area contributed by atoms with E-state index >= 15 is 0 Å². The molecule has 2 N–H and O–H groups in total. The van der Waals surface area contributed by atoms with E-state index in [0.29, 0.717) is 25.9 Å². The minimum atomic E-state index is -0.833. The van der Waals surface area contributed by atoms with Gasteiger partial charge in [-0.25, -0.2) is 0 Å². The third kappa shape index (κ3) is 3.97. The highest BCUT2D eigenvalue weighted by Crippen LogP contribution is 2.23. The lowest BCUT2D eigenvalue weighted by Gasteiger charge is -2.34. The summed E-state index contributed by atoms with van der Waals surface area (Å²) in [6.45, 7) is 2.88. The summed E-state index contributed by atoms with van der Waals surface area (Å²) in [5, 5.41) is 18.8. The van der Waals surface area contributed by atoms with E-state index in [4.69, 9.17) is 5.11 Å². The summed E-state index contributed by atoms with van der Waals surface area (Å²) in [5.74, 6) is -0.950. The first kappa shape index (κ1) is 15.4. The van der Waals surface area contributed by atoms with Crippen molar-refractivity contribution in [1.29, 1.82) is 0 Å². The number of likely N-dealkylation sites (tertiary alicyclic amines) is 1. The summed E-state index contributed by atoms with van der Waals surface area (Å²) in [4.78, 5) is 25.0. The number of carbonyl (C=O) groups excluding carboxylic acids is 1. The number of carboxylic acids is 1. The van der Waals surface area contributed by atoms with Crippen molar-refractivity contribution in [2.45, 2.75) is 26.2 Å². The number of carboxylic acid groups (broad SMARTS) is 1. The lowest BCUT2D eigenvalue weighted by atomic mass is 9.90. The molecule has 1 aliphatic heterocycles. The molecule has 2 rings (SSSR count). The lowest BCUT2D eigenvalue weighted by Crippen LogP contribution is -2.45. The van der Waals surface area contributed by atoms with Crippen molar-refractivity contribution in [3.8, 4) is 5.75 Å². The van der Waals surface area contributed by atoms with Gasteiger partial charge in [0.2, 0.25) is 5.91 Å². The maximum atomic E-state index is 12.2. The molecular formula is C16H21NO4. The highest BCUT2D eigenvalue weighted by Gasteiger charge is 2.31. The molecule has 1 aromatic rings. The van der Waals surface area contributed by atoms with E-state index in [2.05, 4.69) is 0 Å². The van der Waals surface area contributed by atoms with Crippen molar-refractivity contribution >= 4 is 11.9 Å². The maximum Gasteiger partial charge on any atom is 0.308 e. The Hall–Kier alpha value is -2.04. The van der Waals surface area contributed by atoms with Gasteiger partial charge in [-0.05, 0) is 30.4 Å². The molecule has 114 valence electrons. The average Bonchev–Trinajstić information content (AvgIpc) is 2.45. The van der Waals surface area contributed by atoms with Gasteiger partial charge in [0.05, 0.1) is 5.92 Å². The molecule has 0 radical (unpaired) electrons. The predicted octanol–water partition coefficient (Wildman–Crippen LogP) is 1.89. The molecule has 5 nitrogen and oxygen atoms in total. The number of hydrogen-bond acceptors (Lipinski definition) is 3. The fourth-order valence-corrected chi connectivity index (χ4v) is 2.86. The second kappa shape index (κ2) is 6.61. The van der Waals surface area contributed by atoms with Crippen LogP contribution in [0.1, 0.15) is 25.3 Å². The number of phenols is 1. The molecule has 0 saturated carbocycles. The molecule has 1 fully saturated rings. The van der Waals surface area contributed by atoms with E-state index in [9.17, 15) is 14.7 Å². The van der Waals surface area contributed by atoms with Gasteiger partial charge in [0, 0.05) is 19.5 Å². The third-order valence-electron chi connectivity index (χ3n) is 3.96. The number of phenolic OH excluding ortho intramolecular Hbond substituents is 1. The van der Waals surface area contributed by atoms with Crippen LogP contribution < -0.4 is 0 Å². The van der Waals surface area contributed by atoms with Crippen LogP contribution in [0.25, 0.3) is 0 Å². The standard InChI is InChI=1S/C16H21NO4/c1-11-8-13(16(20)21)10-17(9-11)15(19)7-6-12-4-2-3-5-14(12)18/h2-5,11,13,18H,6-10H2,1H3,(H,20,21). The van der Waals surface area contributed by atoms with Gasteiger partial charge >= 0.3 is 5.97 Å². The normalized spacial score (nSPS) is 22.0. The molecule has 0 aromatic heterocycles. The van der Waals surface area contributed by atoms with E-state index in [1.807, 2.05) is 13.0 Å². The fraction of sp³-hybridized carbons (Fsp3) is 0.500. The van der Waals surface area contributed by atoms with Gasteiger partial charge in [-0.2, -0.15) is 0 Å². The highest BCUT2D eigenvalue weighted by atomic mass is 16.4. The van der Waals surface area contributed by atoms with Crippen molar-refractivity contribution < 1.29 is 19.8 Å². The predicted molar refractivity (Wildman–Crippen MR) is 77.9 cm³/mol. The summed E-state index contributed by atoms with van der Waals surface area (Å²) in [6.07, 6.45) is 1.38. The Labute approximate surface area is 124 Å². The molecule has 2 atom stereocenters. The Kier molecular flexibility index (Phi) is 4.83. The van der Waals surface area contributed by atoms with Crippen LogP contribution in [0.4, 0.5) is 0 Å². The molecule has 1 aromatic carbocycles. The second-order valence-corrected chi connectivity index (χ2v) is 5.80. The Bertz CT molecular complexity index is 529. The summed E-state index contributed by atoms with van der Waals surface area (Å²) in [5.41, 5.74) is 0.741. The molecule has 1 aliphatic rings. The average molecular weight is 291 g/mol. The van der Waals surface area contributed by atoms with Gasteiger partial charge in [0.15, 0.2) is 0 Å². The van der Waals surface area contributed by atoms with Gasteiger partial charge in [-0.3, -0.25) is 9.59 Å². The minimum Gasteiger partial charge on any atom is -0.508 e. The van der Waals surface area contributed by atoms with Crippen LogP contribution in [0.5, 0.6) is 5.75 Å². The Morgan fingerprint density at radius 1 is 1.29 bits per heavy atom. The third-order valence-corrected chi connectivity index (χ3v) is 3.96. The van der Waals surface area contributed by atoms with Crippen molar-refractivity contribution in [2.75, 3.05) is 13.1 Å². The zero-order valence-corrected chi connectivity index (χ0v) is 12.2. The van der Waals surface area contributed by atoms with Crippen molar-refractivity contribution in [1.82, 2.24) is 4.90 Å². The van der Waals surface area contributed by atoms with E-state index in [1.165, 1.54) is 0 Å². The zero-order valence-electron chi connectivity index (χ0n) is 12.2. The topological polar surface area (TPSA) is 77.8 Å². The van der Waals surface area contributed by atoms with Crippen LogP contribution in [0.15, 0.2) is 24.3 Å². The number of benzene rings is 1. The summed E-state index contributed by atoms with van der Waals surface area (Å²) < 4.78 is 0. The second-order valence-electron chi connectivity index (χ2n) is 5.80. The monoisotopic (exact) mass is 291 g/mol. The fourth-order valence-electron chi connectivity index (χ4n) is 2.86. The number of rotatable bonds is 4. The van der Waals surface area contributed by atoms with E-state index in [-0.39, 0.29) is 24.0 Å². The van der Waals surface area contributed by atoms with Crippen molar-refractivity contribution in [3.05, 3.63) is 29.8 Å². The molecule has 0 spiro atoms. The summed E-state index contributed by atoms with van der Waals surface area (Å²) in [7, 11) is 0. The smallest absolute Gasteiger partial charge is 0.308 e. The first-order valence-corrected chi connectivity index (χ1v) is 7.24. The van der Waals surface area contributed by atoms with E-state index in [0.717, 1.165) is 5.56 Å². The Morgan fingerprint density at radius 3 is 2.67 bits per heavy atom. The summed E-state index contributed by atoms with van der Waals surface area (Å²) >= 11 is 0. The van der Waals surface area contributed by atoms with Crippen LogP contribution in [0.2, 0.25) is 0 Å². The SMILES string of the molecule is CC1CC(C(=O)O)CN(C(=O)CCc2ccccc2O)C1. The molecule has 0 aliphatic carbocycles. The lowest BCUT2D eigenvalue weighted by molar-refractivity contribution is -0.146. The van der Waals surface area contributed by atoms with Crippen LogP contribution in [-0.4, -0.2) is 40.1 Å². The molecule has 21 heavy (non-hydrogen) atoms. The van der Waals surface area contributed by atoms with Crippen LogP contribution in [-0.2, 0) is 16.0 Å². The zero-order chi connectivity index (χ0) is 15.4. The van der Waals surface area contributed by atoms with Gasteiger partial charge in [-0.15, -0.1) is 0 Å². The van der Waals surface area contributed by atoms with Crippen LogP contribution in [0, 0.1) is 11.8 Å². The maximum absolute atomic E-state index is 12.2. The number of nitrogens with zero attached hydrogens (tertiary/aromatic N) is 1. The minimum absolute atomic E-state index is 0.0453. The van der Waals surface area contributed by atoms with Gasteiger partial charge in [0.1, 0.15) is 5.75 Å². The van der Waals surface area contributed by atoms with Gasteiger partial charge in [-0.1, -0.05) is 25.1 Å². The number of aryl methyl sites for hydroxylation is 1. The van der Waals surface area contributed by atoms with Gasteiger partial charge < -0.3 is 15.1 Å². The first-order chi connectivity index (χ1) is 9.97. The Balaban J connectivity index is 1.93. The largest absolute Gasteiger partial charge is 0.508 e. The molecule has 5 heteroatoms. The molecule has 1 saturated heterocycles. The highest BCUT2D eigenvalue weighted by molar-refractivity contribution is 5.78. The molecule has 1 heterocycles. The molecular weight excluding hydrogens is 270 g/mol. The van der Waals surface area contributed by atoms with Crippen LogP contribution in [0.3, 0.4) is 0 Å². The number of para-hydroxylation sites is 1.